The van der Waals surface area contributed by atoms with Gasteiger partial charge in [0, 0.05) is 17.1 Å². The highest BCUT2D eigenvalue weighted by atomic mass is 15.2. The molecule has 0 amide bonds. The van der Waals surface area contributed by atoms with E-state index in [0.717, 1.165) is 12.8 Å². The third-order valence-corrected chi connectivity index (χ3v) is 14.7. The molecule has 8 aliphatic rings. The van der Waals surface area contributed by atoms with Crippen LogP contribution in [0.3, 0.4) is 0 Å². The summed E-state index contributed by atoms with van der Waals surface area (Å²) in [6.07, 6.45) is 44.4. The summed E-state index contributed by atoms with van der Waals surface area (Å²) in [7, 11) is 0. The standard InChI is InChI=1S/C51H55N/c1-34-14-13-21-46-45-31-29-41(33-49(45)51(50(34)46)47-22-11-9-19-43(47)44-20-10-12-23-48(44)51)52(39-26-24-37(25-27-39)36-15-5-3-6-16-36)40-28-30-42(35(2)32-40)38-17-7-4-8-18-38/h3-7,9-10,13,15-17,19-21,24-26,29-31,33-35,39-40,43-44,47-48H,8,11-12,14,18,22-23,27-28,32H2,1-2H3. The fourth-order valence-corrected chi connectivity index (χ4v) is 12.7. The lowest BCUT2D eigenvalue weighted by Gasteiger charge is -2.46. The number of anilines is 1. The Labute approximate surface area is 312 Å². The molecule has 264 valence electrons. The Bertz CT molecular complexity index is 1990. The summed E-state index contributed by atoms with van der Waals surface area (Å²) in [5.41, 5.74) is 14.1. The molecular weight excluding hydrogens is 627 g/mol. The van der Waals surface area contributed by atoms with Gasteiger partial charge in [0.25, 0.3) is 0 Å². The Morgan fingerprint density at radius 2 is 1.54 bits per heavy atom. The van der Waals surface area contributed by atoms with Gasteiger partial charge in [0.1, 0.15) is 0 Å². The van der Waals surface area contributed by atoms with Gasteiger partial charge in [0.15, 0.2) is 0 Å². The zero-order chi connectivity index (χ0) is 34.8. The second-order valence-corrected chi connectivity index (χ2v) is 17.3. The zero-order valence-corrected chi connectivity index (χ0v) is 31.3. The maximum absolute atomic E-state index is 2.89. The van der Waals surface area contributed by atoms with Crippen molar-refractivity contribution in [1.82, 2.24) is 0 Å². The molecule has 8 unspecified atom stereocenters. The molecule has 0 bridgehead atoms. The van der Waals surface area contributed by atoms with Gasteiger partial charge < -0.3 is 4.90 Å². The monoisotopic (exact) mass is 681 g/mol. The summed E-state index contributed by atoms with van der Waals surface area (Å²) < 4.78 is 0. The van der Waals surface area contributed by atoms with Crippen LogP contribution in [0, 0.1) is 35.5 Å². The molecule has 0 radical (unpaired) electrons. The van der Waals surface area contributed by atoms with Crippen molar-refractivity contribution >= 4 is 16.8 Å². The Kier molecular flexibility index (Phi) is 8.19. The van der Waals surface area contributed by atoms with E-state index in [1.807, 2.05) is 5.57 Å². The molecular formula is C51H55N. The lowest BCUT2D eigenvalue weighted by Crippen LogP contribution is -2.45. The summed E-state index contributed by atoms with van der Waals surface area (Å²) in [6, 6.07) is 19.7. The van der Waals surface area contributed by atoms with Crippen molar-refractivity contribution in [1.29, 1.82) is 0 Å². The normalized spacial score (nSPS) is 35.5. The molecule has 1 saturated carbocycles. The first kappa shape index (κ1) is 32.5. The highest BCUT2D eigenvalue weighted by Gasteiger charge is 2.64. The van der Waals surface area contributed by atoms with Gasteiger partial charge >= 0.3 is 0 Å². The van der Waals surface area contributed by atoms with Gasteiger partial charge in [0.2, 0.25) is 0 Å². The van der Waals surface area contributed by atoms with E-state index >= 15 is 0 Å². The van der Waals surface area contributed by atoms with Crippen LogP contribution in [0.15, 0.2) is 144 Å². The van der Waals surface area contributed by atoms with Crippen LogP contribution in [0.25, 0.3) is 11.1 Å². The van der Waals surface area contributed by atoms with E-state index in [-0.39, 0.29) is 5.41 Å². The van der Waals surface area contributed by atoms with Crippen LogP contribution in [0.1, 0.15) is 94.7 Å². The molecule has 8 aliphatic carbocycles. The first-order valence-electron chi connectivity index (χ1n) is 20.8. The van der Waals surface area contributed by atoms with Gasteiger partial charge in [0.05, 0.1) is 6.04 Å². The molecule has 0 heterocycles. The van der Waals surface area contributed by atoms with Crippen molar-refractivity contribution in [3.8, 4) is 0 Å². The molecule has 1 heteroatoms. The molecule has 1 fully saturated rings. The molecule has 8 atom stereocenters. The Balaban J connectivity index is 1.10. The maximum Gasteiger partial charge on any atom is 0.0514 e. The van der Waals surface area contributed by atoms with E-state index in [4.69, 9.17) is 0 Å². The van der Waals surface area contributed by atoms with Gasteiger partial charge in [-0.15, -0.1) is 0 Å². The van der Waals surface area contributed by atoms with E-state index in [0.29, 0.717) is 47.6 Å². The number of nitrogens with zero attached hydrogens (tertiary/aromatic N) is 1. The van der Waals surface area contributed by atoms with Gasteiger partial charge in [-0.2, -0.15) is 0 Å². The predicted octanol–water partition coefficient (Wildman–Crippen LogP) is 12.7. The number of allylic oxidation sites excluding steroid dienone is 15. The number of hydrogen-bond donors (Lipinski definition) is 0. The van der Waals surface area contributed by atoms with Crippen molar-refractivity contribution < 1.29 is 0 Å². The van der Waals surface area contributed by atoms with Gasteiger partial charge in [-0.3, -0.25) is 0 Å². The van der Waals surface area contributed by atoms with Crippen LogP contribution in [0.4, 0.5) is 5.69 Å². The predicted molar refractivity (Wildman–Crippen MR) is 220 cm³/mol. The second-order valence-electron chi connectivity index (χ2n) is 17.3. The Morgan fingerprint density at radius 1 is 0.731 bits per heavy atom. The van der Waals surface area contributed by atoms with E-state index in [1.165, 1.54) is 68.2 Å². The number of benzene rings is 2. The average Bonchev–Trinajstić information content (AvgIpc) is 3.67. The van der Waals surface area contributed by atoms with E-state index in [9.17, 15) is 0 Å². The van der Waals surface area contributed by atoms with Gasteiger partial charge in [-0.25, -0.2) is 0 Å². The minimum atomic E-state index is 0.137. The largest absolute Gasteiger partial charge is 0.361 e. The molecule has 1 nitrogen and oxygen atoms in total. The third-order valence-electron chi connectivity index (χ3n) is 14.7. The minimum Gasteiger partial charge on any atom is -0.361 e. The highest BCUT2D eigenvalue weighted by molar-refractivity contribution is 5.89. The molecule has 52 heavy (non-hydrogen) atoms. The van der Waals surface area contributed by atoms with Crippen molar-refractivity contribution in [3.05, 3.63) is 161 Å². The van der Waals surface area contributed by atoms with E-state index in [2.05, 4.69) is 146 Å². The van der Waals surface area contributed by atoms with Crippen LogP contribution in [-0.4, -0.2) is 12.1 Å². The minimum absolute atomic E-state index is 0.137. The highest BCUT2D eigenvalue weighted by Crippen LogP contribution is 2.70. The lowest BCUT2D eigenvalue weighted by molar-refractivity contribution is 0.233. The topological polar surface area (TPSA) is 3.24 Å². The fraction of sp³-hybridized carbons (Fsp3) is 0.412. The molecule has 0 saturated heterocycles. The first-order chi connectivity index (χ1) is 25.6. The Morgan fingerprint density at radius 3 is 2.25 bits per heavy atom. The van der Waals surface area contributed by atoms with E-state index in [1.54, 1.807) is 27.8 Å². The number of rotatable bonds is 5. The summed E-state index contributed by atoms with van der Waals surface area (Å²) in [5.74, 6) is 3.83. The van der Waals surface area contributed by atoms with Crippen LogP contribution in [0.2, 0.25) is 0 Å². The van der Waals surface area contributed by atoms with Gasteiger partial charge in [-0.1, -0.05) is 129 Å². The molecule has 0 aromatic heterocycles. The van der Waals surface area contributed by atoms with Crippen LogP contribution >= 0.6 is 0 Å². The first-order valence-corrected chi connectivity index (χ1v) is 20.8. The van der Waals surface area contributed by atoms with Crippen molar-refractivity contribution in [2.45, 2.75) is 95.6 Å². The average molecular weight is 682 g/mol. The van der Waals surface area contributed by atoms with Crippen LogP contribution in [0.5, 0.6) is 0 Å². The molecule has 1 spiro atoms. The molecule has 2 aromatic carbocycles. The molecule has 2 aromatic rings. The number of hydrogen-bond acceptors (Lipinski definition) is 1. The summed E-state index contributed by atoms with van der Waals surface area (Å²) in [6.45, 7) is 5.04. The summed E-state index contributed by atoms with van der Waals surface area (Å²) >= 11 is 0. The van der Waals surface area contributed by atoms with Crippen molar-refractivity contribution in [2.24, 2.45) is 35.5 Å². The second kappa shape index (κ2) is 13.1. The molecule has 0 N–H and O–H groups in total. The van der Waals surface area contributed by atoms with E-state index < -0.39 is 0 Å². The lowest BCUT2D eigenvalue weighted by atomic mass is 9.57. The molecule has 10 rings (SSSR count). The zero-order valence-electron chi connectivity index (χ0n) is 31.3. The van der Waals surface area contributed by atoms with Crippen molar-refractivity contribution in [2.75, 3.05) is 4.90 Å². The summed E-state index contributed by atoms with van der Waals surface area (Å²) in [5, 5.41) is 0. The van der Waals surface area contributed by atoms with Crippen LogP contribution < -0.4 is 4.90 Å². The quantitative estimate of drug-likeness (QED) is 0.284. The summed E-state index contributed by atoms with van der Waals surface area (Å²) in [4.78, 5) is 2.89. The smallest absolute Gasteiger partial charge is 0.0514 e. The van der Waals surface area contributed by atoms with Crippen molar-refractivity contribution in [3.63, 3.8) is 0 Å². The van der Waals surface area contributed by atoms with Gasteiger partial charge in [-0.05, 0) is 156 Å². The maximum atomic E-state index is 2.89. The Hall–Kier alpha value is -4.10. The number of fused-ring (bicyclic) bond motifs is 9. The SMILES string of the molecule is CC1CC(N(c2ccc3c(c2)C2(C4=C3C=CCC4C)C3CCC=CC3C3C=CCCC32)C2C=CC(c3ccccc3)=CC2)CC=C1C1=CC=CCC1. The molecule has 0 aliphatic heterocycles. The van der Waals surface area contributed by atoms with Crippen LogP contribution in [-0.2, 0) is 5.41 Å². The third kappa shape index (κ3) is 5.01. The fourth-order valence-electron chi connectivity index (χ4n) is 12.7.